The van der Waals surface area contributed by atoms with Gasteiger partial charge in [-0.1, -0.05) is 24.3 Å². The van der Waals surface area contributed by atoms with Crippen LogP contribution in [0, 0.1) is 0 Å². The Bertz CT molecular complexity index is 614. The van der Waals surface area contributed by atoms with Crippen molar-refractivity contribution >= 4 is 22.6 Å². The molecule has 1 amide bonds. The number of amides is 1. The molecule has 0 radical (unpaired) electrons. The molecular weight excluding hydrogens is 242 g/mol. The number of phenolic OH excluding ortho intramolecular Hbond substituents is 1. The number of rotatable bonds is 1. The summed E-state index contributed by atoms with van der Waals surface area (Å²) in [4.78, 5) is 11.8. The van der Waals surface area contributed by atoms with Crippen molar-refractivity contribution in [2.45, 2.75) is 26.4 Å². The standard InChI is InChI=1S/C15H17NO3/c1-15(2,3)19-14(18)16-13-9-11(17)8-10-6-4-5-7-12(10)13/h4-9,17H,1-3H3,(H,16,18). The summed E-state index contributed by atoms with van der Waals surface area (Å²) in [6.07, 6.45) is -0.539. The Morgan fingerprint density at radius 2 is 1.89 bits per heavy atom. The number of anilines is 1. The molecule has 0 heterocycles. The predicted molar refractivity (Wildman–Crippen MR) is 75.5 cm³/mol. The molecule has 2 rings (SSSR count). The highest BCUT2D eigenvalue weighted by molar-refractivity contribution is 6.01. The molecule has 0 saturated heterocycles. The lowest BCUT2D eigenvalue weighted by Gasteiger charge is -2.20. The number of phenols is 1. The number of fused-ring (bicyclic) bond motifs is 1. The first-order valence-corrected chi connectivity index (χ1v) is 6.07. The van der Waals surface area contributed by atoms with Gasteiger partial charge in [0.25, 0.3) is 0 Å². The van der Waals surface area contributed by atoms with Crippen LogP contribution in [-0.4, -0.2) is 16.8 Å². The zero-order valence-electron chi connectivity index (χ0n) is 11.2. The van der Waals surface area contributed by atoms with E-state index in [-0.39, 0.29) is 5.75 Å². The minimum atomic E-state index is -0.559. The first kappa shape index (κ1) is 13.2. The molecular formula is C15H17NO3. The van der Waals surface area contributed by atoms with Gasteiger partial charge in [0, 0.05) is 11.5 Å². The molecule has 2 aromatic rings. The van der Waals surface area contributed by atoms with Gasteiger partial charge in [-0.15, -0.1) is 0 Å². The lowest BCUT2D eigenvalue weighted by Crippen LogP contribution is -2.27. The summed E-state index contributed by atoms with van der Waals surface area (Å²) in [7, 11) is 0. The maximum atomic E-state index is 11.8. The first-order valence-electron chi connectivity index (χ1n) is 6.07. The van der Waals surface area contributed by atoms with Crippen LogP contribution in [0.2, 0.25) is 0 Å². The summed E-state index contributed by atoms with van der Waals surface area (Å²) < 4.78 is 5.20. The molecule has 0 bridgehead atoms. The lowest BCUT2D eigenvalue weighted by atomic mass is 10.1. The maximum absolute atomic E-state index is 11.8. The Morgan fingerprint density at radius 3 is 2.58 bits per heavy atom. The summed E-state index contributed by atoms with van der Waals surface area (Å²) in [6.45, 7) is 5.40. The van der Waals surface area contributed by atoms with Crippen LogP contribution >= 0.6 is 0 Å². The fourth-order valence-corrected chi connectivity index (χ4v) is 1.81. The number of nitrogens with one attached hydrogen (secondary N) is 1. The number of hydrogen-bond acceptors (Lipinski definition) is 3. The Kier molecular flexibility index (Phi) is 3.34. The van der Waals surface area contributed by atoms with E-state index in [2.05, 4.69) is 5.32 Å². The van der Waals surface area contributed by atoms with E-state index in [4.69, 9.17) is 4.74 Å². The Labute approximate surface area is 112 Å². The van der Waals surface area contributed by atoms with Gasteiger partial charge in [-0.3, -0.25) is 5.32 Å². The molecule has 0 aliphatic heterocycles. The van der Waals surface area contributed by atoms with E-state index in [1.807, 2.05) is 24.3 Å². The topological polar surface area (TPSA) is 58.6 Å². The SMILES string of the molecule is CC(C)(C)OC(=O)Nc1cc(O)cc2ccccc12. The summed E-state index contributed by atoms with van der Waals surface area (Å²) in [5, 5.41) is 14.0. The normalized spacial score (nSPS) is 11.3. The summed E-state index contributed by atoms with van der Waals surface area (Å²) in [6, 6.07) is 10.7. The highest BCUT2D eigenvalue weighted by Crippen LogP contribution is 2.28. The quantitative estimate of drug-likeness (QED) is 0.816. The van der Waals surface area contributed by atoms with Crippen molar-refractivity contribution in [3.8, 4) is 5.75 Å². The summed E-state index contributed by atoms with van der Waals surface area (Å²) in [5.74, 6) is 0.102. The van der Waals surface area contributed by atoms with Crippen molar-refractivity contribution in [1.29, 1.82) is 0 Å². The zero-order valence-corrected chi connectivity index (χ0v) is 11.2. The zero-order chi connectivity index (χ0) is 14.0. The molecule has 0 aromatic heterocycles. The molecule has 19 heavy (non-hydrogen) atoms. The molecule has 0 fully saturated rings. The van der Waals surface area contributed by atoms with E-state index < -0.39 is 11.7 Å². The van der Waals surface area contributed by atoms with Crippen molar-refractivity contribution in [1.82, 2.24) is 0 Å². The monoisotopic (exact) mass is 259 g/mol. The third-order valence-electron chi connectivity index (χ3n) is 2.48. The Morgan fingerprint density at radius 1 is 1.21 bits per heavy atom. The van der Waals surface area contributed by atoms with Crippen molar-refractivity contribution < 1.29 is 14.6 Å². The number of ether oxygens (including phenoxy) is 1. The largest absolute Gasteiger partial charge is 0.508 e. The number of aromatic hydroxyl groups is 1. The minimum absolute atomic E-state index is 0.102. The van der Waals surface area contributed by atoms with Gasteiger partial charge in [0.05, 0.1) is 5.69 Å². The van der Waals surface area contributed by atoms with Crippen LogP contribution in [0.1, 0.15) is 20.8 Å². The smallest absolute Gasteiger partial charge is 0.412 e. The fourth-order valence-electron chi connectivity index (χ4n) is 1.81. The molecule has 0 spiro atoms. The summed E-state index contributed by atoms with van der Waals surface area (Å²) in [5.41, 5.74) is -0.0265. The van der Waals surface area contributed by atoms with E-state index in [1.54, 1.807) is 26.8 Å². The van der Waals surface area contributed by atoms with Crippen LogP contribution in [0.4, 0.5) is 10.5 Å². The van der Waals surface area contributed by atoms with E-state index in [0.29, 0.717) is 5.69 Å². The second-order valence-corrected chi connectivity index (χ2v) is 5.34. The Hall–Kier alpha value is -2.23. The van der Waals surface area contributed by atoms with Crippen LogP contribution in [0.5, 0.6) is 5.75 Å². The molecule has 0 atom stereocenters. The Balaban J connectivity index is 2.32. The van der Waals surface area contributed by atoms with Gasteiger partial charge in [-0.2, -0.15) is 0 Å². The van der Waals surface area contributed by atoms with Gasteiger partial charge < -0.3 is 9.84 Å². The molecule has 0 unspecified atom stereocenters. The van der Waals surface area contributed by atoms with Gasteiger partial charge in [0.15, 0.2) is 0 Å². The fraction of sp³-hybridized carbons (Fsp3) is 0.267. The summed E-state index contributed by atoms with van der Waals surface area (Å²) >= 11 is 0. The van der Waals surface area contributed by atoms with Crippen molar-refractivity contribution in [3.05, 3.63) is 36.4 Å². The van der Waals surface area contributed by atoms with E-state index in [9.17, 15) is 9.90 Å². The van der Waals surface area contributed by atoms with Gasteiger partial charge in [0.2, 0.25) is 0 Å². The van der Waals surface area contributed by atoms with Crippen LogP contribution < -0.4 is 5.32 Å². The van der Waals surface area contributed by atoms with Crippen LogP contribution in [0.3, 0.4) is 0 Å². The number of hydrogen-bond donors (Lipinski definition) is 2. The third kappa shape index (κ3) is 3.37. The average Bonchev–Trinajstić information content (AvgIpc) is 2.25. The predicted octanol–water partition coefficient (Wildman–Crippen LogP) is 3.89. The van der Waals surface area contributed by atoms with Gasteiger partial charge in [-0.25, -0.2) is 4.79 Å². The second kappa shape index (κ2) is 4.80. The van der Waals surface area contributed by atoms with Crippen LogP contribution in [-0.2, 0) is 4.74 Å². The molecule has 100 valence electrons. The molecule has 2 N–H and O–H groups in total. The van der Waals surface area contributed by atoms with Gasteiger partial charge >= 0.3 is 6.09 Å². The average molecular weight is 259 g/mol. The van der Waals surface area contributed by atoms with Crippen molar-refractivity contribution in [2.75, 3.05) is 5.32 Å². The number of benzene rings is 2. The number of carbonyl (C=O) groups is 1. The third-order valence-corrected chi connectivity index (χ3v) is 2.48. The molecule has 0 aliphatic rings. The molecule has 4 heteroatoms. The van der Waals surface area contributed by atoms with Crippen molar-refractivity contribution in [2.24, 2.45) is 0 Å². The molecule has 0 saturated carbocycles. The maximum Gasteiger partial charge on any atom is 0.412 e. The second-order valence-electron chi connectivity index (χ2n) is 5.34. The highest BCUT2D eigenvalue weighted by Gasteiger charge is 2.17. The lowest BCUT2D eigenvalue weighted by molar-refractivity contribution is 0.0636. The van der Waals surface area contributed by atoms with E-state index in [0.717, 1.165) is 10.8 Å². The van der Waals surface area contributed by atoms with Crippen LogP contribution in [0.25, 0.3) is 10.8 Å². The highest BCUT2D eigenvalue weighted by atomic mass is 16.6. The number of carbonyl (C=O) groups excluding carboxylic acids is 1. The van der Waals surface area contributed by atoms with E-state index >= 15 is 0 Å². The van der Waals surface area contributed by atoms with Gasteiger partial charge in [-0.05, 0) is 32.2 Å². The van der Waals surface area contributed by atoms with Gasteiger partial charge in [0.1, 0.15) is 11.4 Å². The van der Waals surface area contributed by atoms with Crippen LogP contribution in [0.15, 0.2) is 36.4 Å². The van der Waals surface area contributed by atoms with E-state index in [1.165, 1.54) is 6.07 Å². The first-order chi connectivity index (χ1) is 8.85. The molecule has 2 aromatic carbocycles. The minimum Gasteiger partial charge on any atom is -0.508 e. The molecule has 4 nitrogen and oxygen atoms in total. The van der Waals surface area contributed by atoms with Crippen molar-refractivity contribution in [3.63, 3.8) is 0 Å². The molecule has 0 aliphatic carbocycles.